The van der Waals surface area contributed by atoms with Crippen molar-refractivity contribution in [3.63, 3.8) is 0 Å². The number of hydrogen-bond acceptors (Lipinski definition) is 3. The van der Waals surface area contributed by atoms with Crippen molar-refractivity contribution < 1.29 is 4.92 Å². The van der Waals surface area contributed by atoms with Crippen molar-refractivity contribution in [1.29, 1.82) is 0 Å². The van der Waals surface area contributed by atoms with Crippen LogP contribution in [0.1, 0.15) is 32.7 Å². The Bertz CT molecular complexity index is 655. The second-order valence-electron chi connectivity index (χ2n) is 6.08. The van der Waals surface area contributed by atoms with Gasteiger partial charge in [0.2, 0.25) is 0 Å². The first-order chi connectivity index (χ1) is 10.1. The van der Waals surface area contributed by atoms with E-state index in [1.807, 2.05) is 12.1 Å². The molecule has 0 aliphatic carbocycles. The van der Waals surface area contributed by atoms with Gasteiger partial charge < -0.3 is 9.47 Å². The van der Waals surface area contributed by atoms with Crippen LogP contribution in [0.5, 0.6) is 0 Å². The topological polar surface area (TPSA) is 51.3 Å². The molecule has 0 bridgehead atoms. The Kier molecular flexibility index (Phi) is 3.68. The standard InChI is InChI=1S/C16H21N3O2/c1-12(2)17-8-6-14(7-9-17)18-10-5-13-3-4-15(19(20)21)11-16(13)18/h3-5,10-12,14H,6-9H2,1-2H3. The molecule has 0 saturated carbocycles. The summed E-state index contributed by atoms with van der Waals surface area (Å²) in [5, 5.41) is 12.0. The summed E-state index contributed by atoms with van der Waals surface area (Å²) >= 11 is 0. The van der Waals surface area contributed by atoms with Gasteiger partial charge in [0.1, 0.15) is 0 Å². The van der Waals surface area contributed by atoms with Gasteiger partial charge in [-0.2, -0.15) is 0 Å². The number of hydrogen-bond donors (Lipinski definition) is 0. The molecule has 0 atom stereocenters. The van der Waals surface area contributed by atoms with E-state index in [0.29, 0.717) is 12.1 Å². The van der Waals surface area contributed by atoms with Crippen LogP contribution in [0, 0.1) is 10.1 Å². The molecule has 0 amide bonds. The van der Waals surface area contributed by atoms with Gasteiger partial charge in [0, 0.05) is 48.9 Å². The fourth-order valence-corrected chi connectivity index (χ4v) is 3.25. The molecule has 0 radical (unpaired) electrons. The minimum absolute atomic E-state index is 0.169. The smallest absolute Gasteiger partial charge is 0.271 e. The lowest BCUT2D eigenvalue weighted by Crippen LogP contribution is -2.38. The second-order valence-corrected chi connectivity index (χ2v) is 6.08. The van der Waals surface area contributed by atoms with Gasteiger partial charge in [0.05, 0.1) is 10.4 Å². The molecule has 2 aromatic rings. The third-order valence-corrected chi connectivity index (χ3v) is 4.54. The monoisotopic (exact) mass is 287 g/mol. The third kappa shape index (κ3) is 2.65. The number of nitro groups is 1. The first kappa shape index (κ1) is 14.1. The molecule has 1 saturated heterocycles. The van der Waals surface area contributed by atoms with Gasteiger partial charge in [0.15, 0.2) is 0 Å². The third-order valence-electron chi connectivity index (χ3n) is 4.54. The van der Waals surface area contributed by atoms with Gasteiger partial charge in [-0.15, -0.1) is 0 Å². The zero-order valence-corrected chi connectivity index (χ0v) is 12.5. The van der Waals surface area contributed by atoms with E-state index in [4.69, 9.17) is 0 Å². The Morgan fingerprint density at radius 3 is 2.57 bits per heavy atom. The molecule has 0 spiro atoms. The van der Waals surface area contributed by atoms with E-state index in [-0.39, 0.29) is 10.6 Å². The normalized spacial score (nSPS) is 17.7. The zero-order valence-electron chi connectivity index (χ0n) is 12.5. The minimum atomic E-state index is -0.321. The highest BCUT2D eigenvalue weighted by Gasteiger charge is 2.23. The van der Waals surface area contributed by atoms with Gasteiger partial charge in [-0.3, -0.25) is 10.1 Å². The van der Waals surface area contributed by atoms with Gasteiger partial charge >= 0.3 is 0 Å². The minimum Gasteiger partial charge on any atom is -0.344 e. The summed E-state index contributed by atoms with van der Waals surface area (Å²) < 4.78 is 2.22. The summed E-state index contributed by atoms with van der Waals surface area (Å²) in [7, 11) is 0. The Balaban J connectivity index is 1.87. The Hall–Kier alpha value is -1.88. The molecule has 5 heteroatoms. The molecular formula is C16H21N3O2. The van der Waals surface area contributed by atoms with Crippen LogP contribution in [0.25, 0.3) is 10.9 Å². The van der Waals surface area contributed by atoms with Crippen molar-refractivity contribution in [2.45, 2.75) is 38.8 Å². The number of benzene rings is 1. The summed E-state index contributed by atoms with van der Waals surface area (Å²) in [5.74, 6) is 0. The molecule has 1 aliphatic rings. The Morgan fingerprint density at radius 2 is 1.95 bits per heavy atom. The van der Waals surface area contributed by atoms with Crippen LogP contribution in [-0.4, -0.2) is 33.5 Å². The van der Waals surface area contributed by atoms with Crippen LogP contribution in [0.3, 0.4) is 0 Å². The van der Waals surface area contributed by atoms with Gasteiger partial charge in [-0.25, -0.2) is 0 Å². The highest BCUT2D eigenvalue weighted by atomic mass is 16.6. The molecule has 3 rings (SSSR count). The van der Waals surface area contributed by atoms with Crippen molar-refractivity contribution in [2.24, 2.45) is 0 Å². The highest BCUT2D eigenvalue weighted by Crippen LogP contribution is 2.30. The molecule has 1 fully saturated rings. The average molecular weight is 287 g/mol. The Labute approximate surface area is 124 Å². The van der Waals surface area contributed by atoms with Crippen molar-refractivity contribution in [3.8, 4) is 0 Å². The van der Waals surface area contributed by atoms with E-state index >= 15 is 0 Å². The molecule has 5 nitrogen and oxygen atoms in total. The number of non-ortho nitro benzene ring substituents is 1. The average Bonchev–Trinajstić information content (AvgIpc) is 2.90. The highest BCUT2D eigenvalue weighted by molar-refractivity contribution is 5.82. The number of piperidine rings is 1. The predicted octanol–water partition coefficient (Wildman–Crippen LogP) is 3.59. The van der Waals surface area contributed by atoms with E-state index < -0.39 is 0 Å². The molecular weight excluding hydrogens is 266 g/mol. The summed E-state index contributed by atoms with van der Waals surface area (Å²) in [5.41, 5.74) is 1.15. The van der Waals surface area contributed by atoms with Crippen LogP contribution in [0.15, 0.2) is 30.5 Å². The summed E-state index contributed by atoms with van der Waals surface area (Å²) in [6, 6.07) is 8.20. The van der Waals surface area contributed by atoms with E-state index in [9.17, 15) is 10.1 Å². The van der Waals surface area contributed by atoms with Crippen molar-refractivity contribution in [1.82, 2.24) is 9.47 Å². The van der Waals surface area contributed by atoms with E-state index in [2.05, 4.69) is 29.5 Å². The van der Waals surface area contributed by atoms with Crippen LogP contribution in [0.2, 0.25) is 0 Å². The van der Waals surface area contributed by atoms with Crippen LogP contribution >= 0.6 is 0 Å². The maximum absolute atomic E-state index is 11.0. The molecule has 21 heavy (non-hydrogen) atoms. The second kappa shape index (κ2) is 5.48. The van der Waals surface area contributed by atoms with Crippen LogP contribution < -0.4 is 0 Å². The van der Waals surface area contributed by atoms with Crippen molar-refractivity contribution in [2.75, 3.05) is 13.1 Å². The number of aromatic nitrogens is 1. The summed E-state index contributed by atoms with van der Waals surface area (Å²) in [6.45, 7) is 6.65. The SMILES string of the molecule is CC(C)N1CCC(n2ccc3ccc([N+](=O)[O-])cc32)CC1. The predicted molar refractivity (Wildman–Crippen MR) is 83.6 cm³/mol. The molecule has 1 aromatic heterocycles. The summed E-state index contributed by atoms with van der Waals surface area (Å²) in [6.07, 6.45) is 4.28. The first-order valence-electron chi connectivity index (χ1n) is 7.55. The quantitative estimate of drug-likeness (QED) is 0.640. The zero-order chi connectivity index (χ0) is 15.0. The molecule has 1 aliphatic heterocycles. The molecule has 2 heterocycles. The van der Waals surface area contributed by atoms with Crippen molar-refractivity contribution in [3.05, 3.63) is 40.6 Å². The summed E-state index contributed by atoms with van der Waals surface area (Å²) in [4.78, 5) is 13.1. The maximum atomic E-state index is 11.0. The van der Waals surface area contributed by atoms with Crippen molar-refractivity contribution >= 4 is 16.6 Å². The first-order valence-corrected chi connectivity index (χ1v) is 7.55. The fourth-order valence-electron chi connectivity index (χ4n) is 3.25. The van der Waals surface area contributed by atoms with Gasteiger partial charge in [-0.05, 0) is 38.8 Å². The number of likely N-dealkylation sites (tertiary alicyclic amines) is 1. The van der Waals surface area contributed by atoms with Crippen LogP contribution in [-0.2, 0) is 0 Å². The van der Waals surface area contributed by atoms with E-state index in [1.54, 1.807) is 12.1 Å². The number of nitro benzene ring substituents is 1. The lowest BCUT2D eigenvalue weighted by atomic mass is 10.0. The number of fused-ring (bicyclic) bond motifs is 1. The molecule has 0 unspecified atom stereocenters. The fraction of sp³-hybridized carbons (Fsp3) is 0.500. The lowest BCUT2D eigenvalue weighted by molar-refractivity contribution is -0.384. The van der Waals surface area contributed by atoms with Gasteiger partial charge in [-0.1, -0.05) is 0 Å². The largest absolute Gasteiger partial charge is 0.344 e. The molecule has 0 N–H and O–H groups in total. The number of rotatable bonds is 3. The van der Waals surface area contributed by atoms with Crippen LogP contribution in [0.4, 0.5) is 5.69 Å². The van der Waals surface area contributed by atoms with E-state index in [1.165, 1.54) is 0 Å². The number of nitrogens with zero attached hydrogens (tertiary/aromatic N) is 3. The van der Waals surface area contributed by atoms with Gasteiger partial charge in [0.25, 0.3) is 5.69 Å². The van der Waals surface area contributed by atoms with E-state index in [0.717, 1.165) is 36.8 Å². The lowest BCUT2D eigenvalue weighted by Gasteiger charge is -2.35. The molecule has 112 valence electrons. The molecule has 1 aromatic carbocycles. The maximum Gasteiger partial charge on any atom is 0.271 e. The Morgan fingerprint density at radius 1 is 1.24 bits per heavy atom.